The number of fused-ring (bicyclic) bond motifs is 1. The minimum atomic E-state index is -0.0292. The van der Waals surface area contributed by atoms with Crippen LogP contribution < -0.4 is 5.43 Å². The summed E-state index contributed by atoms with van der Waals surface area (Å²) in [6.45, 7) is 1.33. The Kier molecular flexibility index (Phi) is 4.74. The van der Waals surface area contributed by atoms with Gasteiger partial charge >= 0.3 is 0 Å². The molecule has 0 spiro atoms. The van der Waals surface area contributed by atoms with Gasteiger partial charge in [0.2, 0.25) is 0 Å². The second-order valence-electron chi connectivity index (χ2n) is 5.54. The molecule has 23 heavy (non-hydrogen) atoms. The molecule has 0 aliphatic carbocycles. The fraction of sp³-hybridized carbons (Fsp3) is 0.222. The van der Waals surface area contributed by atoms with E-state index < -0.39 is 0 Å². The number of aromatic nitrogens is 1. The van der Waals surface area contributed by atoms with Crippen molar-refractivity contribution in [2.45, 2.75) is 13.0 Å². The van der Waals surface area contributed by atoms with Gasteiger partial charge in [-0.15, -0.1) is 0 Å². The van der Waals surface area contributed by atoms with Crippen molar-refractivity contribution < 1.29 is 4.42 Å². The number of halogens is 1. The highest BCUT2D eigenvalue weighted by Crippen LogP contribution is 2.17. The third-order valence-electron chi connectivity index (χ3n) is 3.72. The molecular weight excluding hydrogens is 312 g/mol. The molecule has 118 valence electrons. The predicted octanol–water partition coefficient (Wildman–Crippen LogP) is 3.52. The molecule has 5 heteroatoms. The average Bonchev–Trinajstić information content (AvgIpc) is 2.57. The Morgan fingerprint density at radius 1 is 1.26 bits per heavy atom. The lowest BCUT2D eigenvalue weighted by Gasteiger charge is -2.15. The van der Waals surface area contributed by atoms with Crippen molar-refractivity contribution in [2.24, 2.45) is 0 Å². The van der Waals surface area contributed by atoms with Gasteiger partial charge in [0.05, 0.1) is 11.6 Å². The zero-order valence-corrected chi connectivity index (χ0v) is 13.6. The number of rotatable bonds is 5. The van der Waals surface area contributed by atoms with Crippen molar-refractivity contribution >= 4 is 22.6 Å². The maximum Gasteiger partial charge on any atom is 0.197 e. The highest BCUT2D eigenvalue weighted by Gasteiger charge is 2.10. The van der Waals surface area contributed by atoms with E-state index in [1.165, 1.54) is 6.26 Å². The first-order valence-corrected chi connectivity index (χ1v) is 7.79. The Morgan fingerprint density at radius 3 is 2.91 bits per heavy atom. The van der Waals surface area contributed by atoms with E-state index in [9.17, 15) is 4.79 Å². The molecule has 2 aromatic heterocycles. The van der Waals surface area contributed by atoms with Crippen LogP contribution in [0.25, 0.3) is 11.0 Å². The lowest BCUT2D eigenvalue weighted by Crippen LogP contribution is -2.24. The lowest BCUT2D eigenvalue weighted by atomic mass is 10.1. The van der Waals surface area contributed by atoms with E-state index in [1.807, 2.05) is 25.2 Å². The van der Waals surface area contributed by atoms with Crippen molar-refractivity contribution in [1.82, 2.24) is 9.88 Å². The van der Waals surface area contributed by atoms with Crippen molar-refractivity contribution in [3.8, 4) is 0 Å². The molecule has 0 saturated heterocycles. The third kappa shape index (κ3) is 3.78. The van der Waals surface area contributed by atoms with Crippen molar-refractivity contribution in [3.05, 3.63) is 75.4 Å². The second kappa shape index (κ2) is 6.94. The molecule has 0 radical (unpaired) electrons. The predicted molar refractivity (Wildman–Crippen MR) is 91.8 cm³/mol. The van der Waals surface area contributed by atoms with Gasteiger partial charge in [0.1, 0.15) is 5.58 Å². The molecule has 2 heterocycles. The van der Waals surface area contributed by atoms with Crippen LogP contribution in [0.1, 0.15) is 11.3 Å². The van der Waals surface area contributed by atoms with Gasteiger partial charge in [-0.2, -0.15) is 0 Å². The first kappa shape index (κ1) is 15.7. The topological polar surface area (TPSA) is 46.3 Å². The van der Waals surface area contributed by atoms with E-state index in [0.717, 1.165) is 18.7 Å². The Labute approximate surface area is 139 Å². The van der Waals surface area contributed by atoms with Gasteiger partial charge < -0.3 is 9.32 Å². The molecule has 0 N–H and O–H groups in total. The number of nitrogens with zero attached hydrogens (tertiary/aromatic N) is 2. The maximum atomic E-state index is 12.5. The Hall–Kier alpha value is -2.17. The van der Waals surface area contributed by atoms with E-state index >= 15 is 0 Å². The maximum absolute atomic E-state index is 12.5. The van der Waals surface area contributed by atoms with Crippen LogP contribution in [-0.4, -0.2) is 23.5 Å². The summed E-state index contributed by atoms with van der Waals surface area (Å²) in [6, 6.07) is 11.0. The quantitative estimate of drug-likeness (QED) is 0.719. The fourth-order valence-corrected chi connectivity index (χ4v) is 2.65. The lowest BCUT2D eigenvalue weighted by molar-refractivity contribution is 0.326. The molecule has 0 aliphatic rings. The number of benzene rings is 1. The van der Waals surface area contributed by atoms with Crippen LogP contribution in [0, 0.1) is 0 Å². The molecule has 3 rings (SSSR count). The van der Waals surface area contributed by atoms with Crippen LogP contribution in [0.3, 0.4) is 0 Å². The van der Waals surface area contributed by atoms with Crippen LogP contribution in [0.15, 0.2) is 58.1 Å². The molecular formula is C18H17ClN2O2. The molecule has 0 bridgehead atoms. The molecule has 0 unspecified atom stereocenters. The molecule has 3 aromatic rings. The van der Waals surface area contributed by atoms with E-state index in [0.29, 0.717) is 28.1 Å². The molecule has 0 amide bonds. The number of hydrogen-bond acceptors (Lipinski definition) is 4. The van der Waals surface area contributed by atoms with Crippen LogP contribution >= 0.6 is 11.6 Å². The summed E-state index contributed by atoms with van der Waals surface area (Å²) in [5.41, 5.74) is 2.19. The zero-order chi connectivity index (χ0) is 16.2. The number of likely N-dealkylation sites (N-methyl/N-ethyl adjacent to an activating group) is 1. The highest BCUT2D eigenvalue weighted by atomic mass is 35.5. The smallest absolute Gasteiger partial charge is 0.197 e. The van der Waals surface area contributed by atoms with Crippen molar-refractivity contribution in [3.63, 3.8) is 0 Å². The summed E-state index contributed by atoms with van der Waals surface area (Å²) < 4.78 is 5.54. The van der Waals surface area contributed by atoms with Crippen LogP contribution in [0.4, 0.5) is 0 Å². The normalized spacial score (nSPS) is 11.3. The molecule has 0 saturated carbocycles. The van der Waals surface area contributed by atoms with Crippen LogP contribution in [0.2, 0.25) is 5.02 Å². The van der Waals surface area contributed by atoms with Crippen LogP contribution in [0.5, 0.6) is 0 Å². The summed E-state index contributed by atoms with van der Waals surface area (Å²) in [6.07, 6.45) is 4.16. The Morgan fingerprint density at radius 2 is 2.13 bits per heavy atom. The average molecular weight is 329 g/mol. The highest BCUT2D eigenvalue weighted by molar-refractivity contribution is 6.31. The molecule has 0 fully saturated rings. The van der Waals surface area contributed by atoms with E-state index in [4.69, 9.17) is 16.0 Å². The minimum Gasteiger partial charge on any atom is -0.464 e. The SMILES string of the molecule is CN(CCc1ccccn1)Cc1coc2ccc(Cl)cc2c1=O. The van der Waals surface area contributed by atoms with Crippen LogP contribution in [-0.2, 0) is 13.0 Å². The first-order valence-electron chi connectivity index (χ1n) is 7.42. The summed E-state index contributed by atoms with van der Waals surface area (Å²) in [5.74, 6) is 0. The third-order valence-corrected chi connectivity index (χ3v) is 3.96. The Bertz CT molecular complexity index is 862. The minimum absolute atomic E-state index is 0.0292. The van der Waals surface area contributed by atoms with Gasteiger partial charge in [-0.25, -0.2) is 0 Å². The fourth-order valence-electron chi connectivity index (χ4n) is 2.47. The molecule has 1 aromatic carbocycles. The van der Waals surface area contributed by atoms with Crippen molar-refractivity contribution in [2.75, 3.05) is 13.6 Å². The van der Waals surface area contributed by atoms with E-state index in [-0.39, 0.29) is 5.43 Å². The summed E-state index contributed by atoms with van der Waals surface area (Å²) in [5, 5.41) is 1.05. The first-order chi connectivity index (χ1) is 11.1. The molecule has 0 aliphatic heterocycles. The summed E-state index contributed by atoms with van der Waals surface area (Å²) in [7, 11) is 1.98. The monoisotopic (exact) mass is 328 g/mol. The van der Waals surface area contributed by atoms with Gasteiger partial charge in [-0.1, -0.05) is 17.7 Å². The van der Waals surface area contributed by atoms with Gasteiger partial charge in [-0.05, 0) is 37.4 Å². The van der Waals surface area contributed by atoms with E-state index in [2.05, 4.69) is 9.88 Å². The van der Waals surface area contributed by atoms with E-state index in [1.54, 1.807) is 24.4 Å². The zero-order valence-electron chi connectivity index (χ0n) is 12.8. The molecule has 4 nitrogen and oxygen atoms in total. The summed E-state index contributed by atoms with van der Waals surface area (Å²) >= 11 is 5.97. The van der Waals surface area contributed by atoms with Gasteiger partial charge in [-0.3, -0.25) is 9.78 Å². The number of hydrogen-bond donors (Lipinski definition) is 0. The summed E-state index contributed by atoms with van der Waals surface area (Å²) in [4.78, 5) is 18.9. The van der Waals surface area contributed by atoms with Gasteiger partial charge in [0, 0.05) is 42.0 Å². The van der Waals surface area contributed by atoms with Gasteiger partial charge in [0.15, 0.2) is 5.43 Å². The van der Waals surface area contributed by atoms with Crippen molar-refractivity contribution in [1.29, 1.82) is 0 Å². The largest absolute Gasteiger partial charge is 0.464 e. The number of pyridine rings is 1. The molecule has 0 atom stereocenters. The second-order valence-corrected chi connectivity index (χ2v) is 5.98. The standard InChI is InChI=1S/C18H17ClN2O2/c1-21(9-7-15-4-2-3-8-20-15)11-13-12-23-17-6-5-14(19)10-16(17)18(13)22/h2-6,8,10,12H,7,9,11H2,1H3. The van der Waals surface area contributed by atoms with Gasteiger partial charge in [0.25, 0.3) is 0 Å². The Balaban J connectivity index is 1.73.